The zero-order chi connectivity index (χ0) is 15.2. The summed E-state index contributed by atoms with van der Waals surface area (Å²) in [5.41, 5.74) is 2.53. The molecule has 21 heavy (non-hydrogen) atoms. The van der Waals surface area contributed by atoms with Crippen molar-refractivity contribution in [1.29, 1.82) is 0 Å². The molecular formula is C18H21NO2. The van der Waals surface area contributed by atoms with Crippen LogP contribution in [-0.4, -0.2) is 11.0 Å². The van der Waals surface area contributed by atoms with Crippen molar-refractivity contribution in [3.05, 3.63) is 65.7 Å². The average Bonchev–Trinajstić information content (AvgIpc) is 2.49. The molecule has 1 amide bonds. The van der Waals surface area contributed by atoms with Crippen LogP contribution in [0.5, 0.6) is 0 Å². The molecule has 0 aliphatic rings. The fourth-order valence-electron chi connectivity index (χ4n) is 2.36. The van der Waals surface area contributed by atoms with Gasteiger partial charge in [-0.05, 0) is 36.6 Å². The molecule has 0 saturated carbocycles. The first-order valence-electron chi connectivity index (χ1n) is 7.25. The van der Waals surface area contributed by atoms with Gasteiger partial charge in [-0.2, -0.15) is 0 Å². The van der Waals surface area contributed by atoms with E-state index in [-0.39, 0.29) is 11.8 Å². The lowest BCUT2D eigenvalue weighted by atomic mass is 9.95. The molecule has 0 radical (unpaired) electrons. The fourth-order valence-corrected chi connectivity index (χ4v) is 2.36. The SMILES string of the molecule is CC[C@H](C(=O)Nc1cccc([C@H](C)O)c1)c1ccccc1. The number of aliphatic hydroxyl groups is 1. The van der Waals surface area contributed by atoms with Gasteiger partial charge >= 0.3 is 0 Å². The van der Waals surface area contributed by atoms with Gasteiger partial charge in [0.05, 0.1) is 12.0 Å². The number of aliphatic hydroxyl groups excluding tert-OH is 1. The highest BCUT2D eigenvalue weighted by Gasteiger charge is 2.18. The number of amides is 1. The maximum absolute atomic E-state index is 12.5. The van der Waals surface area contributed by atoms with E-state index in [0.29, 0.717) is 5.69 Å². The predicted molar refractivity (Wildman–Crippen MR) is 85.2 cm³/mol. The molecule has 3 nitrogen and oxygen atoms in total. The van der Waals surface area contributed by atoms with Crippen LogP contribution in [0.1, 0.15) is 43.4 Å². The van der Waals surface area contributed by atoms with E-state index in [9.17, 15) is 9.90 Å². The molecule has 110 valence electrons. The Hall–Kier alpha value is -2.13. The standard InChI is InChI=1S/C18H21NO2/c1-3-17(14-8-5-4-6-9-14)18(21)19-16-11-7-10-15(12-16)13(2)20/h4-13,17,20H,3H2,1-2H3,(H,19,21)/t13-,17-/m0/s1. The molecule has 2 aromatic carbocycles. The molecule has 3 heteroatoms. The number of nitrogens with one attached hydrogen (secondary N) is 1. The van der Waals surface area contributed by atoms with E-state index in [1.54, 1.807) is 13.0 Å². The summed E-state index contributed by atoms with van der Waals surface area (Å²) in [6.07, 6.45) is 0.198. The Morgan fingerprint density at radius 2 is 1.76 bits per heavy atom. The van der Waals surface area contributed by atoms with Crippen molar-refractivity contribution in [3.8, 4) is 0 Å². The third-order valence-corrected chi connectivity index (χ3v) is 3.56. The largest absolute Gasteiger partial charge is 0.389 e. The number of hydrogen-bond acceptors (Lipinski definition) is 2. The second-order valence-corrected chi connectivity index (χ2v) is 5.16. The van der Waals surface area contributed by atoms with Crippen LogP contribution in [0, 0.1) is 0 Å². The van der Waals surface area contributed by atoms with Crippen molar-refractivity contribution in [2.45, 2.75) is 32.3 Å². The average molecular weight is 283 g/mol. The molecule has 2 aromatic rings. The van der Waals surface area contributed by atoms with Crippen LogP contribution in [0.25, 0.3) is 0 Å². The Kier molecular flexibility index (Phi) is 5.12. The molecule has 0 spiro atoms. The highest BCUT2D eigenvalue weighted by Crippen LogP contribution is 2.23. The molecule has 2 N–H and O–H groups in total. The van der Waals surface area contributed by atoms with Gasteiger partial charge in [0.2, 0.25) is 5.91 Å². The van der Waals surface area contributed by atoms with Crippen LogP contribution in [0.4, 0.5) is 5.69 Å². The summed E-state index contributed by atoms with van der Waals surface area (Å²) >= 11 is 0. The fraction of sp³-hybridized carbons (Fsp3) is 0.278. The van der Waals surface area contributed by atoms with E-state index >= 15 is 0 Å². The van der Waals surface area contributed by atoms with Crippen LogP contribution >= 0.6 is 0 Å². The summed E-state index contributed by atoms with van der Waals surface area (Å²) < 4.78 is 0. The zero-order valence-corrected chi connectivity index (χ0v) is 12.4. The van der Waals surface area contributed by atoms with Crippen molar-refractivity contribution < 1.29 is 9.90 Å². The number of hydrogen-bond donors (Lipinski definition) is 2. The first-order valence-corrected chi connectivity index (χ1v) is 7.25. The second kappa shape index (κ2) is 7.04. The van der Waals surface area contributed by atoms with E-state index in [4.69, 9.17) is 0 Å². The van der Waals surface area contributed by atoms with Gasteiger partial charge in [0.1, 0.15) is 0 Å². The monoisotopic (exact) mass is 283 g/mol. The lowest BCUT2D eigenvalue weighted by Gasteiger charge is -2.16. The summed E-state index contributed by atoms with van der Waals surface area (Å²) in [6, 6.07) is 17.1. The van der Waals surface area contributed by atoms with Gasteiger partial charge in [0.15, 0.2) is 0 Å². The highest BCUT2D eigenvalue weighted by molar-refractivity contribution is 5.95. The normalized spacial score (nSPS) is 13.5. The smallest absolute Gasteiger partial charge is 0.231 e. The maximum Gasteiger partial charge on any atom is 0.231 e. The number of benzene rings is 2. The Labute approximate surface area is 125 Å². The van der Waals surface area contributed by atoms with E-state index in [0.717, 1.165) is 17.5 Å². The lowest BCUT2D eigenvalue weighted by Crippen LogP contribution is -2.20. The number of rotatable bonds is 5. The van der Waals surface area contributed by atoms with E-state index in [1.807, 2.05) is 55.5 Å². The summed E-state index contributed by atoms with van der Waals surface area (Å²) in [7, 11) is 0. The third-order valence-electron chi connectivity index (χ3n) is 3.56. The van der Waals surface area contributed by atoms with Gasteiger partial charge in [-0.25, -0.2) is 0 Å². The molecule has 0 aliphatic heterocycles. The molecule has 2 atom stereocenters. The first-order chi connectivity index (χ1) is 10.1. The Balaban J connectivity index is 2.15. The molecule has 0 aromatic heterocycles. The predicted octanol–water partition coefficient (Wildman–Crippen LogP) is 3.87. The minimum Gasteiger partial charge on any atom is -0.389 e. The third kappa shape index (κ3) is 3.92. The summed E-state index contributed by atoms with van der Waals surface area (Å²) in [5.74, 6) is -0.187. The lowest BCUT2D eigenvalue weighted by molar-refractivity contribution is -0.117. The van der Waals surface area contributed by atoms with Crippen LogP contribution in [0.2, 0.25) is 0 Å². The summed E-state index contributed by atoms with van der Waals surface area (Å²) in [5, 5.41) is 12.5. The molecule has 2 rings (SSSR count). The number of carbonyl (C=O) groups excluding carboxylic acids is 1. The Morgan fingerprint density at radius 1 is 1.10 bits per heavy atom. The topological polar surface area (TPSA) is 49.3 Å². The van der Waals surface area contributed by atoms with Gasteiger partial charge in [-0.3, -0.25) is 4.79 Å². The van der Waals surface area contributed by atoms with Crippen molar-refractivity contribution >= 4 is 11.6 Å². The molecule has 0 aliphatic carbocycles. The van der Waals surface area contributed by atoms with Crippen LogP contribution in [0.15, 0.2) is 54.6 Å². The minimum absolute atomic E-state index is 0.0218. The van der Waals surface area contributed by atoms with Gasteiger partial charge < -0.3 is 10.4 Å². The van der Waals surface area contributed by atoms with Crippen LogP contribution in [0.3, 0.4) is 0 Å². The number of anilines is 1. The molecule has 0 unspecified atom stereocenters. The molecule has 0 fully saturated rings. The quantitative estimate of drug-likeness (QED) is 0.875. The molecular weight excluding hydrogens is 262 g/mol. The van der Waals surface area contributed by atoms with Crippen LogP contribution in [-0.2, 0) is 4.79 Å². The van der Waals surface area contributed by atoms with Crippen molar-refractivity contribution in [2.24, 2.45) is 0 Å². The van der Waals surface area contributed by atoms with E-state index in [2.05, 4.69) is 5.32 Å². The van der Waals surface area contributed by atoms with Crippen molar-refractivity contribution in [2.75, 3.05) is 5.32 Å². The second-order valence-electron chi connectivity index (χ2n) is 5.16. The van der Waals surface area contributed by atoms with Crippen LogP contribution < -0.4 is 5.32 Å². The maximum atomic E-state index is 12.5. The van der Waals surface area contributed by atoms with Gasteiger partial charge in [-0.15, -0.1) is 0 Å². The first kappa shape index (κ1) is 15.3. The number of carbonyl (C=O) groups is 1. The minimum atomic E-state index is -0.544. The summed E-state index contributed by atoms with van der Waals surface area (Å²) in [6.45, 7) is 3.71. The van der Waals surface area contributed by atoms with Crippen molar-refractivity contribution in [1.82, 2.24) is 0 Å². The molecule has 0 bridgehead atoms. The van der Waals surface area contributed by atoms with E-state index < -0.39 is 6.10 Å². The van der Waals surface area contributed by atoms with Gasteiger partial charge in [0, 0.05) is 5.69 Å². The Bertz CT molecular complexity index is 593. The Morgan fingerprint density at radius 3 is 2.38 bits per heavy atom. The van der Waals surface area contributed by atoms with Gasteiger partial charge in [-0.1, -0.05) is 49.4 Å². The van der Waals surface area contributed by atoms with Gasteiger partial charge in [0.25, 0.3) is 0 Å². The van der Waals surface area contributed by atoms with Crippen molar-refractivity contribution in [3.63, 3.8) is 0 Å². The highest BCUT2D eigenvalue weighted by atomic mass is 16.3. The molecule has 0 saturated heterocycles. The van der Waals surface area contributed by atoms with E-state index in [1.165, 1.54) is 0 Å². The molecule has 0 heterocycles. The zero-order valence-electron chi connectivity index (χ0n) is 12.4. The summed E-state index contributed by atoms with van der Waals surface area (Å²) in [4.78, 5) is 12.5.